The van der Waals surface area contributed by atoms with Gasteiger partial charge in [0.05, 0.1) is 6.61 Å². The molecule has 0 radical (unpaired) electrons. The zero-order valence-electron chi connectivity index (χ0n) is 18.1. The van der Waals surface area contributed by atoms with Gasteiger partial charge >= 0.3 is 8.80 Å². The number of ketones is 1. The lowest BCUT2D eigenvalue weighted by atomic mass is 9.97. The average molecular weight is 427 g/mol. The van der Waals surface area contributed by atoms with Crippen LogP contribution in [0.5, 0.6) is 5.75 Å². The second-order valence-electron chi connectivity index (χ2n) is 6.76. The lowest BCUT2D eigenvalue weighted by Gasteiger charge is -2.28. The first-order chi connectivity index (χ1) is 13.8. The zero-order valence-corrected chi connectivity index (χ0v) is 19.1. The summed E-state index contributed by atoms with van der Waals surface area (Å²) in [5.41, 5.74) is -0.973. The Hall–Kier alpha value is -1.71. The van der Waals surface area contributed by atoms with Crippen LogP contribution in [-0.4, -0.2) is 51.7 Å². The van der Waals surface area contributed by atoms with Crippen LogP contribution in [0.25, 0.3) is 0 Å². The minimum absolute atomic E-state index is 0.339. The van der Waals surface area contributed by atoms with E-state index < -0.39 is 14.4 Å². The monoisotopic (exact) mass is 426 g/mol. The van der Waals surface area contributed by atoms with Crippen LogP contribution in [0.4, 0.5) is 0 Å². The molecule has 1 aromatic carbocycles. The lowest BCUT2D eigenvalue weighted by molar-refractivity contribution is 0.0488. The van der Waals surface area contributed by atoms with Crippen molar-refractivity contribution in [3.05, 3.63) is 42.4 Å². The summed E-state index contributed by atoms with van der Waals surface area (Å²) in [6, 6.07) is 7.24. The predicted molar refractivity (Wildman–Crippen MR) is 113 cm³/mol. The highest BCUT2D eigenvalue weighted by molar-refractivity contribution is 6.60. The van der Waals surface area contributed by atoms with Crippen molar-refractivity contribution in [1.82, 2.24) is 0 Å². The van der Waals surface area contributed by atoms with Gasteiger partial charge in [-0.2, -0.15) is 0 Å². The Bertz CT molecular complexity index is 606. The van der Waals surface area contributed by atoms with E-state index in [2.05, 4.69) is 0 Å². The van der Waals surface area contributed by atoms with Crippen LogP contribution >= 0.6 is 0 Å². The number of aliphatic hydroxyl groups is 1. The van der Waals surface area contributed by atoms with E-state index in [-0.39, 0.29) is 5.78 Å². The fraction of sp³-hybridized carbons (Fsp3) is 0.571. The van der Waals surface area contributed by atoms with Gasteiger partial charge in [-0.1, -0.05) is 0 Å². The van der Waals surface area contributed by atoms with Crippen molar-refractivity contribution >= 4 is 14.6 Å². The molecule has 0 saturated carbocycles. The molecule has 0 saturated heterocycles. The van der Waals surface area contributed by atoms with Crippen LogP contribution in [0.1, 0.15) is 51.4 Å². The van der Waals surface area contributed by atoms with Gasteiger partial charge in [0.2, 0.25) is 0 Å². The number of carbonyl (C=O) groups excluding carboxylic acids is 1. The summed E-state index contributed by atoms with van der Waals surface area (Å²) in [5.74, 6) is 0.223. The molecule has 0 unspecified atom stereocenters. The van der Waals surface area contributed by atoms with Gasteiger partial charge in [0.25, 0.3) is 0 Å². The number of ether oxygens (including phenoxy) is 2. The fourth-order valence-corrected chi connectivity index (χ4v) is 5.20. The molecule has 1 rings (SSSR count). The Balaban J connectivity index is 2.40. The number of rotatable bonds is 15. The van der Waals surface area contributed by atoms with Crippen LogP contribution in [0.3, 0.4) is 0 Å². The van der Waals surface area contributed by atoms with E-state index in [9.17, 15) is 9.90 Å². The number of hydrogen-bond acceptors (Lipinski definition) is 7. The maximum Gasteiger partial charge on any atom is 0.501 e. The highest BCUT2D eigenvalue weighted by atomic mass is 28.4. The molecule has 0 atom stereocenters. The van der Waals surface area contributed by atoms with Crippen molar-refractivity contribution in [1.29, 1.82) is 0 Å². The fourth-order valence-electron chi connectivity index (χ4n) is 2.63. The maximum atomic E-state index is 12.0. The lowest BCUT2D eigenvalue weighted by Crippen LogP contribution is -2.46. The topological polar surface area (TPSA) is 83.5 Å². The van der Waals surface area contributed by atoms with E-state index in [0.29, 0.717) is 43.8 Å². The van der Waals surface area contributed by atoms with Gasteiger partial charge in [-0.05, 0) is 65.3 Å². The van der Waals surface area contributed by atoms with Crippen molar-refractivity contribution < 1.29 is 32.7 Å². The van der Waals surface area contributed by atoms with Gasteiger partial charge in [-0.15, -0.1) is 0 Å². The molecular formula is C21H34O7Si. The standard InChI is InChI=1S/C21H34O7Si/c1-6-26-29(27-7-2,28-8-3)17-9-14-24-15-16-25-19-12-10-18(11-13-19)20(22)21(4,5)23/h10-13,15-16,23H,6-9,14,17H2,1-5H3. The van der Waals surface area contributed by atoms with Gasteiger partial charge in [0.15, 0.2) is 5.78 Å². The molecular weight excluding hydrogens is 392 g/mol. The van der Waals surface area contributed by atoms with Crippen molar-refractivity contribution in [2.45, 2.75) is 52.7 Å². The van der Waals surface area contributed by atoms with Crippen molar-refractivity contribution in [2.24, 2.45) is 0 Å². The van der Waals surface area contributed by atoms with Crippen LogP contribution in [0.2, 0.25) is 6.04 Å². The van der Waals surface area contributed by atoms with Crippen LogP contribution < -0.4 is 4.74 Å². The Labute approximate surface area is 174 Å². The molecule has 0 aliphatic carbocycles. The Morgan fingerprint density at radius 2 is 1.55 bits per heavy atom. The number of carbonyl (C=O) groups is 1. The highest BCUT2D eigenvalue weighted by Crippen LogP contribution is 2.19. The quantitative estimate of drug-likeness (QED) is 0.197. The Morgan fingerprint density at radius 1 is 1.00 bits per heavy atom. The van der Waals surface area contributed by atoms with Gasteiger partial charge in [-0.25, -0.2) is 0 Å². The smallest absolute Gasteiger partial charge is 0.498 e. The van der Waals surface area contributed by atoms with Crippen LogP contribution in [0.15, 0.2) is 36.8 Å². The van der Waals surface area contributed by atoms with Gasteiger partial charge < -0.3 is 27.9 Å². The summed E-state index contributed by atoms with van der Waals surface area (Å²) in [4.78, 5) is 12.0. The molecule has 164 valence electrons. The largest absolute Gasteiger partial charge is 0.501 e. The predicted octanol–water partition coefficient (Wildman–Crippen LogP) is 3.95. The highest BCUT2D eigenvalue weighted by Gasteiger charge is 2.39. The molecule has 8 heteroatoms. The van der Waals surface area contributed by atoms with Gasteiger partial charge in [0, 0.05) is 31.4 Å². The molecule has 0 fully saturated rings. The number of hydrogen-bond donors (Lipinski definition) is 1. The van der Waals surface area contributed by atoms with Crippen LogP contribution in [-0.2, 0) is 18.0 Å². The minimum atomic E-state index is -2.63. The Morgan fingerprint density at radius 3 is 2.03 bits per heavy atom. The van der Waals surface area contributed by atoms with Crippen molar-refractivity contribution in [3.63, 3.8) is 0 Å². The van der Waals surface area contributed by atoms with Crippen LogP contribution in [0, 0.1) is 0 Å². The molecule has 0 amide bonds. The minimum Gasteiger partial charge on any atom is -0.498 e. The van der Waals surface area contributed by atoms with E-state index >= 15 is 0 Å². The summed E-state index contributed by atoms with van der Waals surface area (Å²) < 4.78 is 28.3. The second kappa shape index (κ2) is 12.8. The third-order valence-corrected chi connectivity index (χ3v) is 7.02. The molecule has 0 bridgehead atoms. The molecule has 0 aliphatic rings. The van der Waals surface area contributed by atoms with Gasteiger partial charge in [0.1, 0.15) is 23.9 Å². The molecule has 0 heterocycles. The zero-order chi connectivity index (χ0) is 21.8. The van der Waals surface area contributed by atoms with Crippen molar-refractivity contribution in [2.75, 3.05) is 26.4 Å². The SMILES string of the molecule is CCO[Si](CCCOC=COc1ccc(C(=O)C(C)(C)O)cc1)(OCC)OCC. The molecule has 0 aliphatic heterocycles. The van der Waals surface area contributed by atoms with Crippen molar-refractivity contribution in [3.8, 4) is 5.75 Å². The molecule has 29 heavy (non-hydrogen) atoms. The molecule has 0 aromatic heterocycles. The molecule has 1 N–H and O–H groups in total. The number of Topliss-reactive ketones (excluding diaryl/α,β-unsaturated/α-hetero) is 1. The summed E-state index contributed by atoms with van der Waals surface area (Å²) in [6.45, 7) is 10.9. The van der Waals surface area contributed by atoms with E-state index in [1.807, 2.05) is 20.8 Å². The van der Waals surface area contributed by atoms with E-state index in [1.54, 1.807) is 24.3 Å². The van der Waals surface area contributed by atoms with E-state index in [4.69, 9.17) is 22.8 Å². The molecule has 1 aromatic rings. The van der Waals surface area contributed by atoms with E-state index in [1.165, 1.54) is 26.4 Å². The summed E-state index contributed by atoms with van der Waals surface area (Å²) in [5, 5.41) is 9.76. The average Bonchev–Trinajstić information content (AvgIpc) is 2.67. The molecule has 0 spiro atoms. The third kappa shape index (κ3) is 9.10. The second-order valence-corrected chi connectivity index (χ2v) is 9.49. The first-order valence-corrected chi connectivity index (χ1v) is 11.9. The Kier molecular flexibility index (Phi) is 11.1. The number of benzene rings is 1. The first kappa shape index (κ1) is 25.3. The first-order valence-electron chi connectivity index (χ1n) is 10.00. The van der Waals surface area contributed by atoms with Gasteiger partial charge in [-0.3, -0.25) is 4.79 Å². The third-order valence-electron chi connectivity index (χ3n) is 3.87. The summed E-state index contributed by atoms with van der Waals surface area (Å²) in [6.07, 6.45) is 3.65. The maximum absolute atomic E-state index is 12.0. The molecule has 7 nitrogen and oxygen atoms in total. The summed E-state index contributed by atoms with van der Waals surface area (Å²) in [7, 11) is -2.63. The normalized spacial score (nSPS) is 12.3. The van der Waals surface area contributed by atoms with E-state index in [0.717, 1.165) is 6.42 Å². The summed E-state index contributed by atoms with van der Waals surface area (Å²) >= 11 is 0.